The first-order valence-corrected chi connectivity index (χ1v) is 11.5. The Kier molecular flexibility index (Phi) is 6.92. The molecular weight excluding hydrogens is 432 g/mol. The molecule has 2 amide bonds. The lowest BCUT2D eigenvalue weighted by molar-refractivity contribution is 0.0527. The van der Waals surface area contributed by atoms with Crippen molar-refractivity contribution in [1.29, 1.82) is 0 Å². The van der Waals surface area contributed by atoms with Crippen LogP contribution < -0.4 is 10.6 Å². The molecule has 0 aliphatic carbocycles. The van der Waals surface area contributed by atoms with Crippen molar-refractivity contribution < 1.29 is 19.1 Å². The summed E-state index contributed by atoms with van der Waals surface area (Å²) in [6, 6.07) is 7.44. The Morgan fingerprint density at radius 3 is 2.29 bits per heavy atom. The van der Waals surface area contributed by atoms with Crippen molar-refractivity contribution in [2.24, 2.45) is 0 Å². The van der Waals surface area contributed by atoms with Gasteiger partial charge in [0.1, 0.15) is 5.00 Å². The number of benzene rings is 1. The zero-order valence-corrected chi connectivity index (χ0v) is 19.7. The maximum atomic E-state index is 13.0. The fourth-order valence-electron chi connectivity index (χ4n) is 3.07. The van der Waals surface area contributed by atoms with Gasteiger partial charge < -0.3 is 15.4 Å². The number of carbonyl (C=O) groups excluding carboxylic acids is 3. The summed E-state index contributed by atoms with van der Waals surface area (Å²) < 4.78 is 5.18. The number of aryl methyl sites for hydroxylation is 2. The van der Waals surface area contributed by atoms with Gasteiger partial charge in [0.25, 0.3) is 11.8 Å². The van der Waals surface area contributed by atoms with Gasteiger partial charge in [0.15, 0.2) is 0 Å². The molecule has 2 heterocycles. The van der Waals surface area contributed by atoms with Crippen LogP contribution in [-0.4, -0.2) is 24.4 Å². The van der Waals surface area contributed by atoms with E-state index in [1.807, 2.05) is 45.0 Å². The van der Waals surface area contributed by atoms with E-state index >= 15 is 0 Å². The normalized spacial score (nSPS) is 10.6. The molecule has 2 aromatic heterocycles. The molecule has 0 bridgehead atoms. The summed E-state index contributed by atoms with van der Waals surface area (Å²) in [6.07, 6.45) is 0. The van der Waals surface area contributed by atoms with Gasteiger partial charge in [-0.2, -0.15) is 0 Å². The molecule has 8 heteroatoms. The van der Waals surface area contributed by atoms with Gasteiger partial charge in [0, 0.05) is 15.9 Å². The number of para-hydroxylation sites is 1. The Morgan fingerprint density at radius 2 is 1.68 bits per heavy atom. The van der Waals surface area contributed by atoms with Crippen molar-refractivity contribution in [2.75, 3.05) is 17.2 Å². The van der Waals surface area contributed by atoms with Crippen LogP contribution in [0.5, 0.6) is 0 Å². The molecule has 1 aromatic carbocycles. The highest BCUT2D eigenvalue weighted by Crippen LogP contribution is 2.35. The first-order chi connectivity index (χ1) is 14.7. The fraction of sp³-hybridized carbons (Fsp3) is 0.261. The number of rotatable bonds is 6. The maximum absolute atomic E-state index is 13.0. The highest BCUT2D eigenvalue weighted by molar-refractivity contribution is 7.19. The summed E-state index contributed by atoms with van der Waals surface area (Å²) >= 11 is 2.56. The van der Waals surface area contributed by atoms with Crippen molar-refractivity contribution in [1.82, 2.24) is 0 Å². The number of hydrogen-bond donors (Lipinski definition) is 2. The van der Waals surface area contributed by atoms with Crippen molar-refractivity contribution in [3.63, 3.8) is 0 Å². The summed E-state index contributed by atoms with van der Waals surface area (Å²) in [4.78, 5) is 39.9. The molecule has 2 N–H and O–H groups in total. The monoisotopic (exact) mass is 456 g/mol. The summed E-state index contributed by atoms with van der Waals surface area (Å²) in [5.41, 5.74) is 3.74. The molecule has 162 valence electrons. The van der Waals surface area contributed by atoms with Crippen LogP contribution >= 0.6 is 22.7 Å². The van der Waals surface area contributed by atoms with E-state index < -0.39 is 5.97 Å². The fourth-order valence-corrected chi connectivity index (χ4v) is 5.02. The third kappa shape index (κ3) is 4.70. The maximum Gasteiger partial charge on any atom is 0.341 e. The van der Waals surface area contributed by atoms with Gasteiger partial charge in [-0.05, 0) is 57.4 Å². The van der Waals surface area contributed by atoms with Gasteiger partial charge in [-0.1, -0.05) is 18.2 Å². The van der Waals surface area contributed by atoms with E-state index in [9.17, 15) is 14.4 Å². The van der Waals surface area contributed by atoms with Gasteiger partial charge in [-0.25, -0.2) is 4.79 Å². The molecule has 0 saturated carbocycles. The van der Waals surface area contributed by atoms with Crippen LogP contribution in [0.15, 0.2) is 29.6 Å². The Bertz CT molecular complexity index is 1160. The molecule has 31 heavy (non-hydrogen) atoms. The molecule has 0 aliphatic rings. The number of hydrogen-bond acceptors (Lipinski definition) is 6. The predicted octanol–water partition coefficient (Wildman–Crippen LogP) is 5.72. The molecule has 0 unspecified atom stereocenters. The van der Waals surface area contributed by atoms with Crippen LogP contribution in [0.2, 0.25) is 0 Å². The third-order valence-electron chi connectivity index (χ3n) is 4.98. The van der Waals surface area contributed by atoms with Crippen LogP contribution in [0.1, 0.15) is 58.9 Å². The number of thiophene rings is 2. The van der Waals surface area contributed by atoms with E-state index in [1.165, 1.54) is 11.3 Å². The first-order valence-electron chi connectivity index (χ1n) is 9.78. The minimum absolute atomic E-state index is 0.190. The molecule has 0 atom stereocenters. The van der Waals surface area contributed by atoms with Crippen LogP contribution in [0.4, 0.5) is 10.7 Å². The standard InChI is InChI=1S/C23H24N2O4S2/c1-6-29-23(28)18-14(4)19(21(27)24-17-10-8-7-9-12(17)2)31-22(18)25-20(26)16-11-30-15(5)13(16)3/h7-11H,6H2,1-5H3,(H,24,27)(H,25,26). The summed E-state index contributed by atoms with van der Waals surface area (Å²) in [5, 5.41) is 7.79. The van der Waals surface area contributed by atoms with Crippen LogP contribution in [0.25, 0.3) is 0 Å². The largest absolute Gasteiger partial charge is 0.462 e. The van der Waals surface area contributed by atoms with Gasteiger partial charge in [-0.15, -0.1) is 22.7 Å². The quantitative estimate of drug-likeness (QED) is 0.464. The molecule has 0 spiro atoms. The summed E-state index contributed by atoms with van der Waals surface area (Å²) in [7, 11) is 0. The summed E-state index contributed by atoms with van der Waals surface area (Å²) in [6.45, 7) is 9.32. The van der Waals surface area contributed by atoms with Crippen molar-refractivity contribution in [3.05, 3.63) is 67.2 Å². The average Bonchev–Trinajstić information content (AvgIpc) is 3.23. The number of esters is 1. The Morgan fingerprint density at radius 1 is 0.968 bits per heavy atom. The number of nitrogens with one attached hydrogen (secondary N) is 2. The second kappa shape index (κ2) is 9.45. The Balaban J connectivity index is 1.97. The lowest BCUT2D eigenvalue weighted by Crippen LogP contribution is -2.15. The van der Waals surface area contributed by atoms with Crippen molar-refractivity contribution in [3.8, 4) is 0 Å². The first kappa shape index (κ1) is 22.7. The molecular formula is C23H24N2O4S2. The lowest BCUT2D eigenvalue weighted by Gasteiger charge is -2.08. The molecule has 0 saturated heterocycles. The van der Waals surface area contributed by atoms with E-state index in [2.05, 4.69) is 10.6 Å². The predicted molar refractivity (Wildman–Crippen MR) is 126 cm³/mol. The second-order valence-corrected chi connectivity index (χ2v) is 9.14. The molecule has 6 nitrogen and oxygen atoms in total. The minimum atomic E-state index is -0.570. The van der Waals surface area contributed by atoms with Crippen molar-refractivity contribution in [2.45, 2.75) is 34.6 Å². The average molecular weight is 457 g/mol. The van der Waals surface area contributed by atoms with E-state index in [0.717, 1.165) is 27.3 Å². The summed E-state index contributed by atoms with van der Waals surface area (Å²) in [5.74, 6) is -1.23. The zero-order chi connectivity index (χ0) is 22.7. The topological polar surface area (TPSA) is 84.5 Å². The number of amides is 2. The van der Waals surface area contributed by atoms with E-state index in [0.29, 0.717) is 26.7 Å². The van der Waals surface area contributed by atoms with Gasteiger partial charge in [0.2, 0.25) is 0 Å². The molecule has 0 radical (unpaired) electrons. The number of ether oxygens (including phenoxy) is 1. The Labute approximate surface area is 189 Å². The van der Waals surface area contributed by atoms with Crippen LogP contribution in [-0.2, 0) is 4.74 Å². The van der Waals surface area contributed by atoms with Crippen LogP contribution in [0, 0.1) is 27.7 Å². The van der Waals surface area contributed by atoms with Gasteiger partial charge in [-0.3, -0.25) is 9.59 Å². The number of carbonyl (C=O) groups is 3. The van der Waals surface area contributed by atoms with Crippen LogP contribution in [0.3, 0.4) is 0 Å². The minimum Gasteiger partial charge on any atom is -0.462 e. The van der Waals surface area contributed by atoms with E-state index in [4.69, 9.17) is 4.74 Å². The third-order valence-corrected chi connectivity index (χ3v) is 7.20. The molecule has 0 fully saturated rings. The highest BCUT2D eigenvalue weighted by Gasteiger charge is 2.27. The molecule has 0 aliphatic heterocycles. The lowest BCUT2D eigenvalue weighted by atomic mass is 10.1. The molecule has 3 aromatic rings. The zero-order valence-electron chi connectivity index (χ0n) is 18.0. The van der Waals surface area contributed by atoms with E-state index in [1.54, 1.807) is 19.2 Å². The SMILES string of the molecule is CCOC(=O)c1c(NC(=O)c2csc(C)c2C)sc(C(=O)Nc2ccccc2C)c1C. The van der Waals surface area contributed by atoms with Crippen molar-refractivity contribution >= 4 is 51.1 Å². The van der Waals surface area contributed by atoms with E-state index in [-0.39, 0.29) is 24.0 Å². The number of anilines is 2. The van der Waals surface area contributed by atoms with Gasteiger partial charge >= 0.3 is 5.97 Å². The smallest absolute Gasteiger partial charge is 0.341 e. The molecule has 3 rings (SSSR count). The Hall–Kier alpha value is -2.97. The highest BCUT2D eigenvalue weighted by atomic mass is 32.1. The van der Waals surface area contributed by atoms with Gasteiger partial charge in [0.05, 0.1) is 22.6 Å². The second-order valence-electron chi connectivity index (χ2n) is 7.03.